The zero-order valence-corrected chi connectivity index (χ0v) is 27.8. The Hall–Kier alpha value is -3.87. The molecule has 45 heavy (non-hydrogen) atoms. The van der Waals surface area contributed by atoms with E-state index in [0.29, 0.717) is 46.8 Å². The van der Waals surface area contributed by atoms with Crippen molar-refractivity contribution in [2.45, 2.75) is 39.3 Å². The third-order valence-corrected chi connectivity index (χ3v) is 9.03. The highest BCUT2D eigenvalue weighted by atomic mass is 32.2. The minimum Gasteiger partial charge on any atom is -0.496 e. The second-order valence-electron chi connectivity index (χ2n) is 11.8. The molecule has 0 aromatic heterocycles. The molecular weight excluding hydrogens is 599 g/mol. The molecule has 1 aliphatic heterocycles. The lowest BCUT2D eigenvalue weighted by atomic mass is 9.91. The summed E-state index contributed by atoms with van der Waals surface area (Å²) in [5, 5.41) is 6.39. The molecule has 2 N–H and O–H groups in total. The molecule has 0 aliphatic carbocycles. The Morgan fingerprint density at radius 1 is 1.04 bits per heavy atom. The normalized spacial score (nSPS) is 14.2. The maximum Gasteiger partial charge on any atom is 0.309 e. The molecule has 0 bridgehead atoms. The van der Waals surface area contributed by atoms with E-state index in [1.165, 1.54) is 25.3 Å². The zero-order chi connectivity index (χ0) is 32.9. The van der Waals surface area contributed by atoms with E-state index >= 15 is 0 Å². The molecule has 3 aromatic carbocycles. The summed E-state index contributed by atoms with van der Waals surface area (Å²) < 4.78 is 56.9. The molecule has 12 heteroatoms. The van der Waals surface area contributed by atoms with Crippen molar-refractivity contribution in [2.75, 3.05) is 63.9 Å². The summed E-state index contributed by atoms with van der Waals surface area (Å²) >= 11 is 0. The van der Waals surface area contributed by atoms with Crippen molar-refractivity contribution >= 4 is 27.4 Å². The lowest BCUT2D eigenvalue weighted by Crippen LogP contribution is -2.52. The Labute approximate surface area is 265 Å². The third kappa shape index (κ3) is 8.05. The summed E-state index contributed by atoms with van der Waals surface area (Å²) in [4.78, 5) is 17.0. The van der Waals surface area contributed by atoms with Crippen LogP contribution in [0.5, 0.6) is 17.2 Å². The lowest BCUT2D eigenvalue weighted by Gasteiger charge is -2.39. The molecule has 10 nitrogen and oxygen atoms in total. The Morgan fingerprint density at radius 2 is 1.78 bits per heavy atom. The van der Waals surface area contributed by atoms with Gasteiger partial charge in [-0.25, -0.2) is 4.39 Å². The molecule has 1 heterocycles. The SMILES string of the molecule is CNCCN(C)CCCS(=O)(=O)Oc1ccc(-c2ccc3c(c2COc2cc(F)ccc2C)N(C)C(=O)C(C)(C)N3)c(OC)c1. The standard InChI is InChI=1S/C33H43FN4O6S/c1-22-9-10-23(34)19-29(22)43-21-27-25(13-14-28-31(27)38(6)32(39)33(2,3)36-28)26-12-11-24(20-30(26)42-7)44-45(40,41)18-8-16-37(5)17-15-35-4/h9-14,19-20,35-36H,8,15-18,21H2,1-7H3. The summed E-state index contributed by atoms with van der Waals surface area (Å²) in [6.07, 6.45) is 0.429. The number of fused-ring (bicyclic) bond motifs is 1. The molecule has 1 amide bonds. The lowest BCUT2D eigenvalue weighted by molar-refractivity contribution is -0.121. The molecular formula is C33H43FN4O6S. The van der Waals surface area contributed by atoms with Crippen molar-refractivity contribution in [2.24, 2.45) is 0 Å². The van der Waals surface area contributed by atoms with E-state index in [1.807, 2.05) is 47.0 Å². The van der Waals surface area contributed by atoms with Crippen molar-refractivity contribution < 1.29 is 31.3 Å². The van der Waals surface area contributed by atoms with Crippen LogP contribution in [0.15, 0.2) is 48.5 Å². The van der Waals surface area contributed by atoms with Crippen LogP contribution in [-0.2, 0) is 21.5 Å². The second-order valence-corrected chi connectivity index (χ2v) is 13.5. The van der Waals surface area contributed by atoms with Crippen LogP contribution >= 0.6 is 0 Å². The number of carbonyl (C=O) groups excluding carboxylic acids is 1. The van der Waals surface area contributed by atoms with Gasteiger partial charge in [0.1, 0.15) is 35.2 Å². The van der Waals surface area contributed by atoms with Crippen LogP contribution in [0.1, 0.15) is 31.4 Å². The minimum absolute atomic E-state index is 0.0150. The van der Waals surface area contributed by atoms with Crippen molar-refractivity contribution in [1.29, 1.82) is 0 Å². The molecule has 0 unspecified atom stereocenters. The third-order valence-electron chi connectivity index (χ3n) is 7.79. The van der Waals surface area contributed by atoms with Gasteiger partial charge in [0, 0.05) is 43.4 Å². The molecule has 0 spiro atoms. The molecule has 0 saturated carbocycles. The summed E-state index contributed by atoms with van der Waals surface area (Å²) in [7, 11) is 3.17. The Bertz CT molecular complexity index is 1650. The average molecular weight is 643 g/mol. The Balaban J connectivity index is 1.67. The van der Waals surface area contributed by atoms with Crippen LogP contribution < -0.4 is 29.2 Å². The van der Waals surface area contributed by atoms with E-state index in [2.05, 4.69) is 15.5 Å². The van der Waals surface area contributed by atoms with Gasteiger partial charge in [0.15, 0.2) is 0 Å². The van der Waals surface area contributed by atoms with Crippen LogP contribution in [0.2, 0.25) is 0 Å². The molecule has 0 atom stereocenters. The number of amides is 1. The topological polar surface area (TPSA) is 109 Å². The Morgan fingerprint density at radius 3 is 2.49 bits per heavy atom. The number of carbonyl (C=O) groups is 1. The minimum atomic E-state index is -3.85. The summed E-state index contributed by atoms with van der Waals surface area (Å²) in [6, 6.07) is 12.9. The average Bonchev–Trinajstić information content (AvgIpc) is 2.98. The van der Waals surface area contributed by atoms with Crippen LogP contribution in [0.3, 0.4) is 0 Å². The number of hydrogen-bond acceptors (Lipinski definition) is 9. The van der Waals surface area contributed by atoms with Crippen molar-refractivity contribution in [3.8, 4) is 28.4 Å². The van der Waals surface area contributed by atoms with E-state index in [4.69, 9.17) is 13.7 Å². The molecule has 1 aliphatic rings. The highest BCUT2D eigenvalue weighted by Gasteiger charge is 2.38. The van der Waals surface area contributed by atoms with E-state index < -0.39 is 21.5 Å². The number of benzene rings is 3. The zero-order valence-electron chi connectivity index (χ0n) is 27.0. The predicted octanol–water partition coefficient (Wildman–Crippen LogP) is 4.81. The van der Waals surface area contributed by atoms with Crippen LogP contribution in [0.4, 0.5) is 15.8 Å². The van der Waals surface area contributed by atoms with Gasteiger partial charge in [-0.1, -0.05) is 12.1 Å². The predicted molar refractivity (Wildman–Crippen MR) is 175 cm³/mol. The number of halogens is 1. The van der Waals surface area contributed by atoms with Gasteiger partial charge in [-0.15, -0.1) is 0 Å². The number of nitrogens with one attached hydrogen (secondary N) is 2. The van der Waals surface area contributed by atoms with Gasteiger partial charge in [-0.2, -0.15) is 8.42 Å². The van der Waals surface area contributed by atoms with Crippen molar-refractivity contribution in [3.05, 3.63) is 65.5 Å². The van der Waals surface area contributed by atoms with Gasteiger partial charge in [0.2, 0.25) is 0 Å². The number of likely N-dealkylation sites (N-methyl/N-ethyl adjacent to an activating group) is 3. The first kappa shape index (κ1) is 34.0. The number of aryl methyl sites for hydroxylation is 1. The largest absolute Gasteiger partial charge is 0.496 e. The van der Waals surface area contributed by atoms with Gasteiger partial charge in [0.25, 0.3) is 5.91 Å². The van der Waals surface area contributed by atoms with Gasteiger partial charge >= 0.3 is 10.1 Å². The fourth-order valence-corrected chi connectivity index (χ4v) is 6.33. The number of methoxy groups -OCH3 is 1. The smallest absolute Gasteiger partial charge is 0.309 e. The number of nitrogens with zero attached hydrogens (tertiary/aromatic N) is 2. The van der Waals surface area contributed by atoms with E-state index in [9.17, 15) is 17.6 Å². The van der Waals surface area contributed by atoms with Crippen molar-refractivity contribution in [1.82, 2.24) is 10.2 Å². The molecule has 3 aromatic rings. The van der Waals surface area contributed by atoms with Crippen LogP contribution in [0, 0.1) is 12.7 Å². The van der Waals surface area contributed by atoms with Gasteiger partial charge in [0.05, 0.1) is 24.2 Å². The summed E-state index contributed by atoms with van der Waals surface area (Å²) in [6.45, 7) is 7.71. The number of rotatable bonds is 14. The quantitative estimate of drug-likeness (QED) is 0.240. The first-order valence-corrected chi connectivity index (χ1v) is 16.4. The molecule has 244 valence electrons. The van der Waals surface area contributed by atoms with E-state index in [-0.39, 0.29) is 24.0 Å². The molecule has 0 radical (unpaired) electrons. The highest BCUT2D eigenvalue weighted by Crippen LogP contribution is 2.45. The number of hydrogen-bond donors (Lipinski definition) is 2. The second kappa shape index (κ2) is 14.1. The first-order valence-electron chi connectivity index (χ1n) is 14.8. The van der Waals surface area contributed by atoms with Crippen LogP contribution in [-0.4, -0.2) is 78.4 Å². The van der Waals surface area contributed by atoms with Crippen LogP contribution in [0.25, 0.3) is 11.1 Å². The summed E-state index contributed by atoms with van der Waals surface area (Å²) in [5.74, 6) is 0.192. The fraction of sp³-hybridized carbons (Fsp3) is 0.424. The molecule has 4 rings (SSSR count). The van der Waals surface area contributed by atoms with E-state index in [1.54, 1.807) is 30.1 Å². The fourth-order valence-electron chi connectivity index (χ4n) is 5.37. The van der Waals surface area contributed by atoms with Gasteiger partial charge in [-0.05, 0) is 83.2 Å². The van der Waals surface area contributed by atoms with Gasteiger partial charge in [-0.3, -0.25) is 4.79 Å². The Kier molecular flexibility index (Phi) is 10.6. The first-order chi connectivity index (χ1) is 21.3. The monoisotopic (exact) mass is 642 g/mol. The number of ether oxygens (including phenoxy) is 2. The number of anilines is 2. The van der Waals surface area contributed by atoms with Gasteiger partial charge < -0.3 is 34.1 Å². The molecule has 0 saturated heterocycles. The highest BCUT2D eigenvalue weighted by molar-refractivity contribution is 7.87. The maximum absolute atomic E-state index is 14.1. The summed E-state index contributed by atoms with van der Waals surface area (Å²) in [5.41, 5.74) is 3.28. The maximum atomic E-state index is 14.1. The molecule has 0 fully saturated rings. The van der Waals surface area contributed by atoms with E-state index in [0.717, 1.165) is 24.3 Å². The van der Waals surface area contributed by atoms with Crippen molar-refractivity contribution in [3.63, 3.8) is 0 Å².